The van der Waals surface area contributed by atoms with E-state index in [9.17, 15) is 14.7 Å². The molecular formula is C17H24N2O4. The van der Waals surface area contributed by atoms with Gasteiger partial charge in [-0.05, 0) is 38.3 Å². The molecule has 6 heteroatoms. The predicted octanol–water partition coefficient (Wildman–Crippen LogP) is 3.02. The van der Waals surface area contributed by atoms with Crippen molar-refractivity contribution in [3.63, 3.8) is 0 Å². The molecule has 0 saturated carbocycles. The first-order valence-corrected chi connectivity index (χ1v) is 7.75. The van der Waals surface area contributed by atoms with Crippen LogP contribution in [0.4, 0.5) is 4.79 Å². The molecule has 6 nitrogen and oxygen atoms in total. The molecule has 0 aliphatic carbocycles. The van der Waals surface area contributed by atoms with Gasteiger partial charge in [0, 0.05) is 6.54 Å². The highest BCUT2D eigenvalue weighted by Gasteiger charge is 2.46. The van der Waals surface area contributed by atoms with Crippen LogP contribution < -0.4 is 5.43 Å². The first-order chi connectivity index (χ1) is 10.7. The van der Waals surface area contributed by atoms with Gasteiger partial charge in [0.2, 0.25) is 0 Å². The van der Waals surface area contributed by atoms with Gasteiger partial charge >= 0.3 is 12.1 Å². The van der Waals surface area contributed by atoms with E-state index in [1.54, 1.807) is 25.8 Å². The number of aliphatic carboxylic acids is 1. The Labute approximate surface area is 136 Å². The summed E-state index contributed by atoms with van der Waals surface area (Å²) in [6, 6.07) is 7.69. The van der Waals surface area contributed by atoms with Crippen molar-refractivity contribution in [2.24, 2.45) is 0 Å². The molecule has 2 rings (SSSR count). The minimum Gasteiger partial charge on any atom is -0.481 e. The zero-order chi connectivity index (χ0) is 17.3. The molecule has 0 saturated heterocycles. The smallest absolute Gasteiger partial charge is 0.422 e. The number of hydrogen-bond donors (Lipinski definition) is 2. The molecule has 1 aromatic carbocycles. The maximum absolute atomic E-state index is 12.1. The van der Waals surface area contributed by atoms with Gasteiger partial charge in [0.25, 0.3) is 0 Å². The topological polar surface area (TPSA) is 78.9 Å². The van der Waals surface area contributed by atoms with Crippen LogP contribution in [-0.4, -0.2) is 27.8 Å². The van der Waals surface area contributed by atoms with Gasteiger partial charge in [0.1, 0.15) is 5.60 Å². The summed E-state index contributed by atoms with van der Waals surface area (Å²) < 4.78 is 5.30. The van der Waals surface area contributed by atoms with E-state index in [-0.39, 0.29) is 6.42 Å². The molecule has 0 spiro atoms. The SMILES string of the molecule is CCC1(CC(=O)O)c2ccccc2CN1NC(=O)OC(C)(C)C. The fourth-order valence-electron chi connectivity index (χ4n) is 3.08. The number of amides is 1. The van der Waals surface area contributed by atoms with Gasteiger partial charge in [-0.2, -0.15) is 0 Å². The molecule has 2 N–H and O–H groups in total. The number of hydrogen-bond acceptors (Lipinski definition) is 4. The van der Waals surface area contributed by atoms with Gasteiger partial charge in [-0.25, -0.2) is 9.80 Å². The second kappa shape index (κ2) is 6.20. The fourth-order valence-corrected chi connectivity index (χ4v) is 3.08. The van der Waals surface area contributed by atoms with Gasteiger partial charge < -0.3 is 9.84 Å². The van der Waals surface area contributed by atoms with E-state index in [4.69, 9.17) is 4.74 Å². The number of hydrazine groups is 1. The number of benzene rings is 1. The van der Waals surface area contributed by atoms with Crippen molar-refractivity contribution >= 4 is 12.1 Å². The number of rotatable bonds is 4. The third-order valence-corrected chi connectivity index (χ3v) is 4.02. The Morgan fingerprint density at radius 3 is 2.57 bits per heavy atom. The molecule has 1 aromatic rings. The third kappa shape index (κ3) is 3.64. The molecule has 23 heavy (non-hydrogen) atoms. The summed E-state index contributed by atoms with van der Waals surface area (Å²) in [5.41, 5.74) is 3.33. The Morgan fingerprint density at radius 1 is 1.35 bits per heavy atom. The number of fused-ring (bicyclic) bond motifs is 1. The molecule has 0 bridgehead atoms. The van der Waals surface area contributed by atoms with Crippen LogP contribution in [0.5, 0.6) is 0 Å². The number of carbonyl (C=O) groups excluding carboxylic acids is 1. The monoisotopic (exact) mass is 320 g/mol. The predicted molar refractivity (Wildman–Crippen MR) is 85.6 cm³/mol. The van der Waals surface area contributed by atoms with Crippen molar-refractivity contribution in [1.82, 2.24) is 10.4 Å². The van der Waals surface area contributed by atoms with Crippen LogP contribution in [0.2, 0.25) is 0 Å². The van der Waals surface area contributed by atoms with Crippen molar-refractivity contribution < 1.29 is 19.4 Å². The number of carbonyl (C=O) groups is 2. The molecule has 0 radical (unpaired) electrons. The average Bonchev–Trinajstić information content (AvgIpc) is 2.70. The average molecular weight is 320 g/mol. The van der Waals surface area contributed by atoms with Crippen LogP contribution in [-0.2, 0) is 21.6 Å². The van der Waals surface area contributed by atoms with Gasteiger partial charge in [-0.1, -0.05) is 31.2 Å². The lowest BCUT2D eigenvalue weighted by Crippen LogP contribution is -2.53. The molecule has 1 aliphatic heterocycles. The van der Waals surface area contributed by atoms with E-state index in [1.165, 1.54) is 0 Å². The molecule has 1 heterocycles. The summed E-state index contributed by atoms with van der Waals surface area (Å²) >= 11 is 0. The van der Waals surface area contributed by atoms with Crippen LogP contribution in [0.1, 0.15) is 51.7 Å². The number of nitrogens with one attached hydrogen (secondary N) is 1. The zero-order valence-electron chi connectivity index (χ0n) is 14.0. The standard InChI is InChI=1S/C17H24N2O4/c1-5-17(10-14(20)21)13-9-7-6-8-12(13)11-19(17)18-15(22)23-16(2,3)4/h6-9H,5,10-11H2,1-4H3,(H,18,22)(H,20,21). The number of ether oxygens (including phenoxy) is 1. The maximum atomic E-state index is 12.1. The normalized spacial score (nSPS) is 20.9. The van der Waals surface area contributed by atoms with Crippen molar-refractivity contribution in [3.8, 4) is 0 Å². The Balaban J connectivity index is 2.31. The van der Waals surface area contributed by atoms with E-state index in [0.29, 0.717) is 13.0 Å². The first kappa shape index (κ1) is 17.3. The molecule has 1 aliphatic rings. The zero-order valence-corrected chi connectivity index (χ0v) is 14.0. The largest absolute Gasteiger partial charge is 0.481 e. The summed E-state index contributed by atoms with van der Waals surface area (Å²) in [6.07, 6.45) is -0.101. The van der Waals surface area contributed by atoms with Gasteiger partial charge in [0.05, 0.1) is 12.0 Å². The Bertz CT molecular complexity index is 609. The summed E-state index contributed by atoms with van der Waals surface area (Å²) in [5, 5.41) is 11.1. The Kier molecular flexibility index (Phi) is 4.66. The van der Waals surface area contributed by atoms with Crippen LogP contribution >= 0.6 is 0 Å². The van der Waals surface area contributed by atoms with Crippen molar-refractivity contribution in [2.45, 2.75) is 58.2 Å². The third-order valence-electron chi connectivity index (χ3n) is 4.02. The summed E-state index contributed by atoms with van der Waals surface area (Å²) in [5.74, 6) is -0.903. The van der Waals surface area contributed by atoms with Gasteiger partial charge in [-0.15, -0.1) is 0 Å². The van der Waals surface area contributed by atoms with Crippen LogP contribution in [0.15, 0.2) is 24.3 Å². The highest BCUT2D eigenvalue weighted by Crippen LogP contribution is 2.43. The first-order valence-electron chi connectivity index (χ1n) is 7.75. The van der Waals surface area contributed by atoms with Crippen molar-refractivity contribution in [1.29, 1.82) is 0 Å². The quantitative estimate of drug-likeness (QED) is 0.891. The Hall–Kier alpha value is -2.08. The van der Waals surface area contributed by atoms with E-state index in [1.807, 2.05) is 31.2 Å². The van der Waals surface area contributed by atoms with Crippen LogP contribution in [0, 0.1) is 0 Å². The molecule has 1 unspecified atom stereocenters. The summed E-state index contributed by atoms with van der Waals surface area (Å²) in [7, 11) is 0. The van der Waals surface area contributed by atoms with Gasteiger partial charge in [0.15, 0.2) is 0 Å². The van der Waals surface area contributed by atoms with Gasteiger partial charge in [-0.3, -0.25) is 10.2 Å². The molecule has 126 valence electrons. The Morgan fingerprint density at radius 2 is 2.00 bits per heavy atom. The molecule has 0 fully saturated rings. The van der Waals surface area contributed by atoms with Crippen molar-refractivity contribution in [3.05, 3.63) is 35.4 Å². The lowest BCUT2D eigenvalue weighted by molar-refractivity contribution is -0.141. The van der Waals surface area contributed by atoms with E-state index in [2.05, 4.69) is 5.43 Å². The lowest BCUT2D eigenvalue weighted by Gasteiger charge is -2.37. The molecule has 1 amide bonds. The van der Waals surface area contributed by atoms with E-state index in [0.717, 1.165) is 11.1 Å². The number of nitrogens with zero attached hydrogens (tertiary/aromatic N) is 1. The lowest BCUT2D eigenvalue weighted by atomic mass is 9.84. The minimum absolute atomic E-state index is 0.0870. The fraction of sp³-hybridized carbons (Fsp3) is 0.529. The molecule has 1 atom stereocenters. The number of carboxylic acids is 1. The highest BCUT2D eigenvalue weighted by molar-refractivity contribution is 5.71. The van der Waals surface area contributed by atoms with Crippen LogP contribution in [0.25, 0.3) is 0 Å². The second-order valence-electron chi connectivity index (χ2n) is 6.81. The van der Waals surface area contributed by atoms with E-state index < -0.39 is 23.2 Å². The second-order valence-corrected chi connectivity index (χ2v) is 6.81. The highest BCUT2D eigenvalue weighted by atomic mass is 16.6. The summed E-state index contributed by atoms with van der Waals surface area (Å²) in [6.45, 7) is 7.74. The molecule has 0 aromatic heterocycles. The maximum Gasteiger partial charge on any atom is 0.422 e. The minimum atomic E-state index is -0.903. The number of carboxylic acid groups (broad SMARTS) is 1. The van der Waals surface area contributed by atoms with E-state index >= 15 is 0 Å². The van der Waals surface area contributed by atoms with Crippen molar-refractivity contribution in [2.75, 3.05) is 0 Å². The van der Waals surface area contributed by atoms with Crippen LogP contribution in [0.3, 0.4) is 0 Å². The summed E-state index contributed by atoms with van der Waals surface area (Å²) in [4.78, 5) is 23.6. The molecular weight excluding hydrogens is 296 g/mol.